The Hall–Kier alpha value is -1.58. The number of hydrogen-bond acceptors (Lipinski definition) is 3. The molecule has 1 fully saturated rings. The summed E-state index contributed by atoms with van der Waals surface area (Å²) in [5.41, 5.74) is -0.511. The molecule has 21 heavy (non-hydrogen) atoms. The normalized spacial score (nSPS) is 21.4. The second-order valence-electron chi connectivity index (χ2n) is 4.14. The zero-order valence-electron chi connectivity index (χ0n) is 10.0. The highest BCUT2D eigenvalue weighted by molar-refractivity contribution is 9.10. The number of alkyl halides is 5. The van der Waals surface area contributed by atoms with Crippen LogP contribution in [0.2, 0.25) is 0 Å². The van der Waals surface area contributed by atoms with E-state index in [1.807, 2.05) is 0 Å². The zero-order valence-corrected chi connectivity index (χ0v) is 11.6. The van der Waals surface area contributed by atoms with Crippen molar-refractivity contribution in [3.8, 4) is 5.75 Å². The van der Waals surface area contributed by atoms with Crippen LogP contribution in [0.4, 0.5) is 26.7 Å². The molecule has 1 amide bonds. The lowest BCUT2D eigenvalue weighted by atomic mass is 9.99. The van der Waals surface area contributed by atoms with Gasteiger partial charge in [0, 0.05) is 10.0 Å². The Morgan fingerprint density at radius 3 is 2.67 bits per heavy atom. The number of hydrogen-bond donors (Lipinski definition) is 1. The minimum Gasteiger partial charge on any atom is -0.443 e. The van der Waals surface area contributed by atoms with E-state index in [0.717, 1.165) is 12.1 Å². The van der Waals surface area contributed by atoms with Gasteiger partial charge in [-0.1, -0.05) is 15.9 Å². The Labute approximate surface area is 123 Å². The van der Waals surface area contributed by atoms with Crippen LogP contribution in [0, 0.1) is 0 Å². The van der Waals surface area contributed by atoms with E-state index >= 15 is 0 Å². The van der Waals surface area contributed by atoms with Gasteiger partial charge < -0.3 is 14.8 Å². The number of cyclic esters (lactones) is 1. The van der Waals surface area contributed by atoms with Gasteiger partial charge in [0.05, 0.1) is 0 Å². The summed E-state index contributed by atoms with van der Waals surface area (Å²) >= 11 is 2.97. The summed E-state index contributed by atoms with van der Waals surface area (Å²) in [5.74, 6) is -4.41. The van der Waals surface area contributed by atoms with E-state index in [-0.39, 0.29) is 4.47 Å². The molecular weight excluding hydrogens is 369 g/mol. The number of carbonyl (C=O) groups is 1. The minimum absolute atomic E-state index is 0.253. The Kier molecular flexibility index (Phi) is 4.00. The first-order valence-electron chi connectivity index (χ1n) is 5.45. The van der Waals surface area contributed by atoms with Crippen LogP contribution in [0.15, 0.2) is 22.7 Å². The number of rotatable bonds is 2. The summed E-state index contributed by atoms with van der Waals surface area (Å²) < 4.78 is 72.7. The molecule has 1 aliphatic heterocycles. The Balaban J connectivity index is 2.45. The number of benzene rings is 1. The summed E-state index contributed by atoms with van der Waals surface area (Å²) in [6.07, 6.45) is -6.20. The smallest absolute Gasteiger partial charge is 0.443 e. The monoisotopic (exact) mass is 375 g/mol. The van der Waals surface area contributed by atoms with Gasteiger partial charge in [0.1, 0.15) is 11.8 Å². The van der Waals surface area contributed by atoms with E-state index in [2.05, 4.69) is 25.4 Å². The predicted octanol–water partition coefficient (Wildman–Crippen LogP) is 3.76. The quantitative estimate of drug-likeness (QED) is 0.800. The van der Waals surface area contributed by atoms with Crippen LogP contribution >= 0.6 is 15.9 Å². The van der Waals surface area contributed by atoms with Crippen molar-refractivity contribution in [3.05, 3.63) is 28.2 Å². The van der Waals surface area contributed by atoms with Gasteiger partial charge in [0.2, 0.25) is 0 Å². The Bertz CT molecular complexity index is 563. The van der Waals surface area contributed by atoms with Crippen LogP contribution in [-0.2, 0) is 4.74 Å². The molecule has 0 radical (unpaired) electrons. The molecule has 1 atom stereocenters. The second kappa shape index (κ2) is 5.32. The largest absolute Gasteiger partial charge is 0.573 e. The number of alkyl carbamates (subject to hydrolysis) is 1. The lowest BCUT2D eigenvalue weighted by Gasteiger charge is -2.32. The highest BCUT2D eigenvalue weighted by Crippen LogP contribution is 2.41. The molecule has 0 unspecified atom stereocenters. The van der Waals surface area contributed by atoms with Crippen LogP contribution in [0.5, 0.6) is 5.75 Å². The summed E-state index contributed by atoms with van der Waals surface area (Å²) in [5, 5.41) is 1.80. The van der Waals surface area contributed by atoms with E-state index in [9.17, 15) is 26.7 Å². The van der Waals surface area contributed by atoms with Crippen molar-refractivity contribution in [3.63, 3.8) is 0 Å². The summed E-state index contributed by atoms with van der Waals surface area (Å²) in [7, 11) is 0. The molecule has 116 valence electrons. The van der Waals surface area contributed by atoms with Crippen molar-refractivity contribution >= 4 is 22.0 Å². The maximum atomic E-state index is 13.8. The molecule has 1 heterocycles. The maximum Gasteiger partial charge on any atom is 0.573 e. The van der Waals surface area contributed by atoms with Crippen molar-refractivity contribution in [1.82, 2.24) is 5.32 Å². The van der Waals surface area contributed by atoms with Gasteiger partial charge in [0.15, 0.2) is 6.61 Å². The van der Waals surface area contributed by atoms with Gasteiger partial charge in [-0.2, -0.15) is 0 Å². The van der Waals surface area contributed by atoms with E-state index in [1.165, 1.54) is 6.07 Å². The van der Waals surface area contributed by atoms with Crippen LogP contribution in [0.3, 0.4) is 0 Å². The summed E-state index contributed by atoms with van der Waals surface area (Å²) in [6, 6.07) is 1.10. The van der Waals surface area contributed by atoms with Gasteiger partial charge in [-0.05, 0) is 18.2 Å². The summed E-state index contributed by atoms with van der Waals surface area (Å²) in [6.45, 7) is -1.23. The van der Waals surface area contributed by atoms with Gasteiger partial charge in [-0.15, -0.1) is 13.2 Å². The first kappa shape index (κ1) is 15.8. The maximum absolute atomic E-state index is 13.8. The van der Waals surface area contributed by atoms with Crippen LogP contribution in [-0.4, -0.2) is 25.0 Å². The van der Waals surface area contributed by atoms with E-state index in [1.54, 1.807) is 5.32 Å². The number of nitrogens with one attached hydrogen (secondary N) is 1. The molecule has 0 aromatic heterocycles. The molecule has 1 aromatic carbocycles. The molecule has 2 rings (SSSR count). The lowest BCUT2D eigenvalue weighted by molar-refractivity contribution is -0.275. The first-order chi connectivity index (χ1) is 9.58. The standard InChI is InChI=1S/C11H7BrF5NO3/c12-5-1-2-7(21-11(15,16)17)6(3-5)8-10(13,14)4-20-9(19)18-8/h1-3,8H,4H2,(H,18,19)/t8-/m1/s1. The fourth-order valence-electron chi connectivity index (χ4n) is 1.78. The highest BCUT2D eigenvalue weighted by atomic mass is 79.9. The number of amides is 1. The van der Waals surface area contributed by atoms with Crippen LogP contribution in [0.25, 0.3) is 0 Å². The van der Waals surface area contributed by atoms with Crippen molar-refractivity contribution in [2.24, 2.45) is 0 Å². The molecule has 0 bridgehead atoms. The van der Waals surface area contributed by atoms with Gasteiger partial charge in [0.25, 0.3) is 0 Å². The first-order valence-corrected chi connectivity index (χ1v) is 6.24. The van der Waals surface area contributed by atoms with E-state index in [4.69, 9.17) is 0 Å². The molecule has 1 aliphatic rings. The third kappa shape index (κ3) is 3.74. The number of ether oxygens (including phenoxy) is 2. The molecule has 0 spiro atoms. The SMILES string of the molecule is O=C1N[C@H](c2cc(Br)ccc2OC(F)(F)F)C(F)(F)CO1. The van der Waals surface area contributed by atoms with Gasteiger partial charge >= 0.3 is 18.4 Å². The highest BCUT2D eigenvalue weighted by Gasteiger charge is 2.48. The lowest BCUT2D eigenvalue weighted by Crippen LogP contribution is -2.49. The fraction of sp³-hybridized carbons (Fsp3) is 0.364. The van der Waals surface area contributed by atoms with Crippen molar-refractivity contribution < 1.29 is 36.2 Å². The molecular formula is C11H7BrF5NO3. The molecule has 4 nitrogen and oxygen atoms in total. The Morgan fingerprint density at radius 1 is 1.38 bits per heavy atom. The molecule has 1 N–H and O–H groups in total. The second-order valence-corrected chi connectivity index (χ2v) is 5.06. The van der Waals surface area contributed by atoms with Crippen molar-refractivity contribution in [2.45, 2.75) is 18.3 Å². The number of carbonyl (C=O) groups excluding carboxylic acids is 1. The number of halogens is 6. The van der Waals surface area contributed by atoms with Crippen molar-refractivity contribution in [2.75, 3.05) is 6.61 Å². The van der Waals surface area contributed by atoms with Gasteiger partial charge in [-0.25, -0.2) is 13.6 Å². The molecule has 1 saturated heterocycles. The third-order valence-corrected chi connectivity index (χ3v) is 3.08. The summed E-state index contributed by atoms with van der Waals surface area (Å²) in [4.78, 5) is 11.1. The molecule has 10 heteroatoms. The predicted molar refractivity (Wildman–Crippen MR) is 63.0 cm³/mol. The average Bonchev–Trinajstić information content (AvgIpc) is 2.33. The zero-order chi connectivity index (χ0) is 15.8. The average molecular weight is 376 g/mol. The van der Waals surface area contributed by atoms with E-state index in [0.29, 0.717) is 0 Å². The molecule has 0 saturated carbocycles. The minimum atomic E-state index is -5.05. The van der Waals surface area contributed by atoms with E-state index < -0.39 is 42.3 Å². The van der Waals surface area contributed by atoms with Crippen molar-refractivity contribution in [1.29, 1.82) is 0 Å². The topological polar surface area (TPSA) is 47.6 Å². The Morgan fingerprint density at radius 2 is 2.05 bits per heavy atom. The van der Waals surface area contributed by atoms with Gasteiger partial charge in [-0.3, -0.25) is 0 Å². The van der Waals surface area contributed by atoms with Crippen LogP contribution in [0.1, 0.15) is 11.6 Å². The van der Waals surface area contributed by atoms with Crippen LogP contribution < -0.4 is 10.1 Å². The molecule has 1 aromatic rings. The third-order valence-electron chi connectivity index (χ3n) is 2.59. The molecule has 0 aliphatic carbocycles. The fourth-order valence-corrected chi connectivity index (χ4v) is 2.16.